The smallest absolute Gasteiger partial charge is 0.243 e. The molecule has 2 aliphatic rings. The highest BCUT2D eigenvalue weighted by Crippen LogP contribution is 2.22. The number of nitrogens with one attached hydrogen (secondary N) is 1. The van der Waals surface area contributed by atoms with E-state index in [1.54, 1.807) is 18.2 Å². The molecule has 0 spiro atoms. The van der Waals surface area contributed by atoms with Crippen LogP contribution in [0.15, 0.2) is 29.2 Å². The molecule has 1 atom stereocenters. The Labute approximate surface area is 161 Å². The highest BCUT2D eigenvalue weighted by Gasteiger charge is 2.28. The Balaban J connectivity index is 1.67. The van der Waals surface area contributed by atoms with Gasteiger partial charge in [0.05, 0.1) is 24.2 Å². The van der Waals surface area contributed by atoms with Crippen LogP contribution in [0, 0.1) is 5.92 Å². The number of carbonyl (C=O) groups is 1. The Kier molecular flexibility index (Phi) is 6.52. The lowest BCUT2D eigenvalue weighted by Gasteiger charge is -2.34. The number of sulfonamides is 1. The lowest BCUT2D eigenvalue weighted by atomic mass is 9.98. The van der Waals surface area contributed by atoms with Crippen LogP contribution >= 0.6 is 0 Å². The van der Waals surface area contributed by atoms with E-state index in [0.29, 0.717) is 37.9 Å². The van der Waals surface area contributed by atoms with Crippen molar-refractivity contribution in [1.82, 2.24) is 9.21 Å². The number of nitrogens with zero attached hydrogens (tertiary/aromatic N) is 2. The largest absolute Gasteiger partial charge is 0.379 e. The normalized spacial score (nSPS) is 21.7. The van der Waals surface area contributed by atoms with Gasteiger partial charge in [0.2, 0.25) is 15.9 Å². The minimum absolute atomic E-state index is 0.106. The van der Waals surface area contributed by atoms with E-state index in [-0.39, 0.29) is 16.8 Å². The fourth-order valence-corrected chi connectivity index (χ4v) is 4.95. The molecule has 1 aromatic rings. The summed E-state index contributed by atoms with van der Waals surface area (Å²) in [7, 11) is -3.58. The zero-order valence-corrected chi connectivity index (χ0v) is 16.9. The van der Waals surface area contributed by atoms with E-state index in [1.165, 1.54) is 10.4 Å². The quantitative estimate of drug-likeness (QED) is 0.822. The van der Waals surface area contributed by atoms with Gasteiger partial charge in [-0.1, -0.05) is 13.0 Å². The number of piperidine rings is 1. The van der Waals surface area contributed by atoms with E-state index in [1.807, 2.05) is 6.92 Å². The van der Waals surface area contributed by atoms with Crippen LogP contribution in [0.25, 0.3) is 0 Å². The first-order chi connectivity index (χ1) is 12.9. The van der Waals surface area contributed by atoms with E-state index < -0.39 is 10.0 Å². The van der Waals surface area contributed by atoms with Gasteiger partial charge in [-0.15, -0.1) is 0 Å². The second-order valence-corrected chi connectivity index (χ2v) is 9.37. The summed E-state index contributed by atoms with van der Waals surface area (Å²) in [6.45, 7) is 7.49. The molecule has 2 aliphatic heterocycles. The number of likely N-dealkylation sites (tertiary alicyclic amines) is 1. The number of amides is 1. The maximum absolute atomic E-state index is 12.8. The number of rotatable bonds is 5. The lowest BCUT2D eigenvalue weighted by molar-refractivity contribution is -0.121. The summed E-state index contributed by atoms with van der Waals surface area (Å²) < 4.78 is 32.2. The molecule has 2 saturated heterocycles. The minimum atomic E-state index is -3.58. The molecule has 8 heteroatoms. The molecule has 1 N–H and O–H groups in total. The zero-order chi connectivity index (χ0) is 19.4. The Morgan fingerprint density at radius 2 is 1.85 bits per heavy atom. The molecule has 150 valence electrons. The summed E-state index contributed by atoms with van der Waals surface area (Å²) in [6, 6.07) is 6.25. The van der Waals surface area contributed by atoms with Crippen molar-refractivity contribution in [3.8, 4) is 0 Å². The SMILES string of the molecule is CC1CCN([C@@H](C)C(=O)Nc2cccc(S(=O)(=O)N3CCOCC3)c2)CC1. The predicted molar refractivity (Wildman–Crippen MR) is 104 cm³/mol. The first kappa shape index (κ1) is 20.3. The number of morpholine rings is 1. The van der Waals surface area contributed by atoms with Crippen molar-refractivity contribution in [2.75, 3.05) is 44.7 Å². The van der Waals surface area contributed by atoms with Crippen LogP contribution in [0.1, 0.15) is 26.7 Å². The molecule has 3 rings (SSSR count). The highest BCUT2D eigenvalue weighted by atomic mass is 32.2. The van der Waals surface area contributed by atoms with E-state index in [0.717, 1.165) is 25.9 Å². The van der Waals surface area contributed by atoms with E-state index in [4.69, 9.17) is 4.74 Å². The topological polar surface area (TPSA) is 79.0 Å². The van der Waals surface area contributed by atoms with Gasteiger partial charge < -0.3 is 10.1 Å². The number of carbonyl (C=O) groups excluding carboxylic acids is 1. The summed E-state index contributed by atoms with van der Waals surface area (Å²) in [6.07, 6.45) is 2.20. The summed E-state index contributed by atoms with van der Waals surface area (Å²) in [5.41, 5.74) is 0.506. The highest BCUT2D eigenvalue weighted by molar-refractivity contribution is 7.89. The second-order valence-electron chi connectivity index (χ2n) is 7.43. The predicted octanol–water partition coefficient (Wildman–Crippen LogP) is 1.77. The fraction of sp³-hybridized carbons (Fsp3) is 0.632. The van der Waals surface area contributed by atoms with E-state index in [2.05, 4.69) is 17.1 Å². The second kappa shape index (κ2) is 8.68. The van der Waals surface area contributed by atoms with Gasteiger partial charge in [0.1, 0.15) is 0 Å². The summed E-state index contributed by atoms with van der Waals surface area (Å²) in [5.74, 6) is 0.601. The number of ether oxygens (including phenoxy) is 1. The Morgan fingerprint density at radius 1 is 1.19 bits per heavy atom. The molecule has 0 bridgehead atoms. The molecule has 1 aromatic carbocycles. The molecule has 1 amide bonds. The fourth-order valence-electron chi connectivity index (χ4n) is 3.50. The van der Waals surface area contributed by atoms with Gasteiger partial charge in [0.25, 0.3) is 0 Å². The summed E-state index contributed by atoms with van der Waals surface area (Å²) in [5, 5.41) is 2.88. The van der Waals surface area contributed by atoms with Crippen molar-refractivity contribution in [3.05, 3.63) is 24.3 Å². The van der Waals surface area contributed by atoms with Crippen LogP contribution in [0.3, 0.4) is 0 Å². The summed E-state index contributed by atoms with van der Waals surface area (Å²) >= 11 is 0. The molecule has 0 aromatic heterocycles. The molecule has 7 nitrogen and oxygen atoms in total. The molecule has 2 fully saturated rings. The lowest BCUT2D eigenvalue weighted by Crippen LogP contribution is -2.45. The first-order valence-electron chi connectivity index (χ1n) is 9.61. The maximum atomic E-state index is 12.8. The third-order valence-electron chi connectivity index (χ3n) is 5.45. The van der Waals surface area contributed by atoms with Crippen LogP contribution < -0.4 is 5.32 Å². The molecule has 27 heavy (non-hydrogen) atoms. The van der Waals surface area contributed by atoms with Crippen LogP contribution in [0.4, 0.5) is 5.69 Å². The van der Waals surface area contributed by atoms with Gasteiger partial charge in [-0.3, -0.25) is 9.69 Å². The molecular formula is C19H29N3O4S. The van der Waals surface area contributed by atoms with E-state index in [9.17, 15) is 13.2 Å². The molecule has 2 heterocycles. The van der Waals surface area contributed by atoms with Gasteiger partial charge in [-0.05, 0) is 57.0 Å². The molecule has 0 saturated carbocycles. The van der Waals surface area contributed by atoms with Crippen LogP contribution in [-0.2, 0) is 19.6 Å². The number of benzene rings is 1. The third kappa shape index (κ3) is 4.87. The van der Waals surface area contributed by atoms with Crippen LogP contribution in [-0.4, -0.2) is 69.0 Å². The number of hydrogen-bond acceptors (Lipinski definition) is 5. The van der Waals surface area contributed by atoms with Gasteiger partial charge in [-0.25, -0.2) is 8.42 Å². The average molecular weight is 396 g/mol. The number of hydrogen-bond donors (Lipinski definition) is 1. The molecule has 0 unspecified atom stereocenters. The van der Waals surface area contributed by atoms with Gasteiger partial charge >= 0.3 is 0 Å². The van der Waals surface area contributed by atoms with Crippen molar-refractivity contribution < 1.29 is 17.9 Å². The minimum Gasteiger partial charge on any atom is -0.379 e. The standard InChI is InChI=1S/C19H29N3O4S/c1-15-6-8-21(9-7-15)16(2)19(23)20-17-4-3-5-18(14-17)27(24,25)22-10-12-26-13-11-22/h3-5,14-16H,6-13H2,1-2H3,(H,20,23)/t16-/m0/s1. The third-order valence-corrected chi connectivity index (χ3v) is 7.35. The average Bonchev–Trinajstić information content (AvgIpc) is 2.69. The zero-order valence-electron chi connectivity index (χ0n) is 16.1. The van der Waals surface area contributed by atoms with E-state index >= 15 is 0 Å². The van der Waals surface area contributed by atoms with Crippen LogP contribution in [0.2, 0.25) is 0 Å². The molecular weight excluding hydrogens is 366 g/mol. The van der Waals surface area contributed by atoms with Gasteiger partial charge in [-0.2, -0.15) is 4.31 Å². The number of anilines is 1. The Morgan fingerprint density at radius 3 is 2.52 bits per heavy atom. The van der Waals surface area contributed by atoms with Crippen molar-refractivity contribution in [2.24, 2.45) is 5.92 Å². The monoisotopic (exact) mass is 395 g/mol. The maximum Gasteiger partial charge on any atom is 0.243 e. The van der Waals surface area contributed by atoms with Crippen molar-refractivity contribution in [2.45, 2.75) is 37.6 Å². The molecule has 0 aliphatic carbocycles. The van der Waals surface area contributed by atoms with Crippen molar-refractivity contribution in [1.29, 1.82) is 0 Å². The van der Waals surface area contributed by atoms with Crippen LogP contribution in [0.5, 0.6) is 0 Å². The van der Waals surface area contributed by atoms with Crippen molar-refractivity contribution >= 4 is 21.6 Å². The first-order valence-corrected chi connectivity index (χ1v) is 11.0. The Bertz CT molecular complexity index is 754. The van der Waals surface area contributed by atoms with Gasteiger partial charge in [0, 0.05) is 18.8 Å². The molecule has 0 radical (unpaired) electrons. The Hall–Kier alpha value is -1.48. The summed E-state index contributed by atoms with van der Waals surface area (Å²) in [4.78, 5) is 15.0. The van der Waals surface area contributed by atoms with Gasteiger partial charge in [0.15, 0.2) is 0 Å². The van der Waals surface area contributed by atoms with Crippen molar-refractivity contribution in [3.63, 3.8) is 0 Å².